The third kappa shape index (κ3) is 4.50. The molecular formula is C18H25BrN2O3. The lowest BCUT2D eigenvalue weighted by Gasteiger charge is -2.29. The van der Waals surface area contributed by atoms with Gasteiger partial charge in [0.25, 0.3) is 0 Å². The molecule has 0 radical (unpaired) electrons. The number of hydrogen-bond donors (Lipinski definition) is 2. The molecule has 2 amide bonds. The van der Waals surface area contributed by atoms with Crippen LogP contribution in [0, 0.1) is 0 Å². The summed E-state index contributed by atoms with van der Waals surface area (Å²) in [7, 11) is 0. The van der Waals surface area contributed by atoms with Crippen LogP contribution in [-0.4, -0.2) is 23.1 Å². The molecule has 2 rings (SSSR count). The van der Waals surface area contributed by atoms with E-state index in [0.29, 0.717) is 0 Å². The third-order valence-electron chi connectivity index (χ3n) is 3.90. The monoisotopic (exact) mass is 396 g/mol. The Hall–Kier alpha value is -1.56. The molecule has 0 spiro atoms. The first-order valence-corrected chi connectivity index (χ1v) is 8.88. The summed E-state index contributed by atoms with van der Waals surface area (Å²) in [6, 6.07) is 5.98. The largest absolute Gasteiger partial charge is 0.444 e. The number of fused-ring (bicyclic) bond motifs is 1. The van der Waals surface area contributed by atoms with Gasteiger partial charge < -0.3 is 15.4 Å². The van der Waals surface area contributed by atoms with E-state index in [1.54, 1.807) is 34.6 Å². The van der Waals surface area contributed by atoms with Crippen LogP contribution < -0.4 is 10.6 Å². The van der Waals surface area contributed by atoms with Crippen LogP contribution in [-0.2, 0) is 16.0 Å². The fraction of sp³-hybridized carbons (Fsp3) is 0.556. The van der Waals surface area contributed by atoms with Crippen LogP contribution in [0.4, 0.5) is 4.79 Å². The standard InChI is InChI=1S/C18H25BrN2O3/c1-17(2,3)24-16(23)21-18(4,5)15(22)20-14-10-9-11-12(14)7-6-8-13(11)19/h6-8,14H,9-10H2,1-5H3,(H,20,22)(H,21,23). The average molecular weight is 397 g/mol. The fourth-order valence-electron chi connectivity index (χ4n) is 2.71. The highest BCUT2D eigenvalue weighted by Gasteiger charge is 2.34. The van der Waals surface area contributed by atoms with Crippen molar-refractivity contribution in [2.75, 3.05) is 0 Å². The predicted molar refractivity (Wildman–Crippen MR) is 96.8 cm³/mol. The van der Waals surface area contributed by atoms with Gasteiger partial charge in [0.15, 0.2) is 0 Å². The second-order valence-electron chi connectivity index (χ2n) is 7.62. The van der Waals surface area contributed by atoms with Crippen LogP contribution in [0.15, 0.2) is 22.7 Å². The number of carbonyl (C=O) groups is 2. The Morgan fingerprint density at radius 3 is 2.50 bits per heavy atom. The van der Waals surface area contributed by atoms with E-state index in [-0.39, 0.29) is 11.9 Å². The molecule has 0 aromatic heterocycles. The van der Waals surface area contributed by atoms with Crippen molar-refractivity contribution in [3.05, 3.63) is 33.8 Å². The Kier molecular flexibility index (Phi) is 5.28. The Balaban J connectivity index is 2.02. The Labute approximate surface area is 151 Å². The van der Waals surface area contributed by atoms with Crippen LogP contribution >= 0.6 is 15.9 Å². The summed E-state index contributed by atoms with van der Waals surface area (Å²) in [5.41, 5.74) is 0.705. The number of rotatable bonds is 3. The van der Waals surface area contributed by atoms with E-state index in [2.05, 4.69) is 26.6 Å². The summed E-state index contributed by atoms with van der Waals surface area (Å²) in [5.74, 6) is -0.230. The summed E-state index contributed by atoms with van der Waals surface area (Å²) in [4.78, 5) is 24.6. The van der Waals surface area contributed by atoms with E-state index in [9.17, 15) is 9.59 Å². The first-order chi connectivity index (χ1) is 11.0. The van der Waals surface area contributed by atoms with Gasteiger partial charge in [0.2, 0.25) is 5.91 Å². The Morgan fingerprint density at radius 2 is 1.88 bits per heavy atom. The first kappa shape index (κ1) is 18.8. The van der Waals surface area contributed by atoms with Gasteiger partial charge in [-0.2, -0.15) is 0 Å². The first-order valence-electron chi connectivity index (χ1n) is 8.09. The minimum Gasteiger partial charge on any atom is -0.444 e. The Bertz CT molecular complexity index is 650. The van der Waals surface area contributed by atoms with Crippen LogP contribution in [0.5, 0.6) is 0 Å². The maximum absolute atomic E-state index is 12.6. The number of ether oxygens (including phenoxy) is 1. The SMILES string of the molecule is CC(C)(C)OC(=O)NC(C)(C)C(=O)NC1CCc2c(Br)cccc21. The van der Waals surface area contributed by atoms with E-state index in [4.69, 9.17) is 4.74 Å². The number of alkyl carbamates (subject to hydrolysis) is 1. The molecule has 132 valence electrons. The lowest BCUT2D eigenvalue weighted by atomic mass is 10.0. The number of carbonyl (C=O) groups excluding carboxylic acids is 2. The van der Waals surface area contributed by atoms with Crippen molar-refractivity contribution in [1.82, 2.24) is 10.6 Å². The minimum atomic E-state index is -1.06. The summed E-state index contributed by atoms with van der Waals surface area (Å²) in [6.07, 6.45) is 1.17. The molecule has 6 heteroatoms. The summed E-state index contributed by atoms with van der Waals surface area (Å²) in [6.45, 7) is 8.69. The molecule has 1 aromatic carbocycles. The molecule has 1 atom stereocenters. The van der Waals surface area contributed by atoms with Gasteiger partial charge in [0, 0.05) is 4.47 Å². The molecule has 0 heterocycles. The smallest absolute Gasteiger partial charge is 0.408 e. The van der Waals surface area contributed by atoms with Gasteiger partial charge in [0.1, 0.15) is 11.1 Å². The maximum Gasteiger partial charge on any atom is 0.408 e. The normalized spacial score (nSPS) is 17.2. The second-order valence-corrected chi connectivity index (χ2v) is 8.48. The van der Waals surface area contributed by atoms with Crippen molar-refractivity contribution < 1.29 is 14.3 Å². The predicted octanol–water partition coefficient (Wildman–Crippen LogP) is 3.86. The number of hydrogen-bond acceptors (Lipinski definition) is 3. The van der Waals surface area contributed by atoms with Gasteiger partial charge in [0.05, 0.1) is 6.04 Å². The molecule has 0 aliphatic heterocycles. The van der Waals surface area contributed by atoms with Gasteiger partial charge >= 0.3 is 6.09 Å². The molecule has 1 aromatic rings. The van der Waals surface area contributed by atoms with Crippen molar-refractivity contribution in [2.45, 2.75) is 64.6 Å². The zero-order valence-corrected chi connectivity index (χ0v) is 16.4. The lowest BCUT2D eigenvalue weighted by Crippen LogP contribution is -2.56. The molecule has 1 aliphatic rings. The van der Waals surface area contributed by atoms with Gasteiger partial charge in [-0.1, -0.05) is 28.1 Å². The van der Waals surface area contributed by atoms with Crippen LogP contribution in [0.2, 0.25) is 0 Å². The zero-order valence-electron chi connectivity index (χ0n) is 14.8. The van der Waals surface area contributed by atoms with E-state index < -0.39 is 17.2 Å². The van der Waals surface area contributed by atoms with Crippen LogP contribution in [0.1, 0.15) is 58.2 Å². The summed E-state index contributed by atoms with van der Waals surface area (Å²) < 4.78 is 6.30. The van der Waals surface area contributed by atoms with E-state index in [0.717, 1.165) is 22.9 Å². The highest BCUT2D eigenvalue weighted by Crippen LogP contribution is 2.35. The summed E-state index contributed by atoms with van der Waals surface area (Å²) >= 11 is 3.55. The topological polar surface area (TPSA) is 67.4 Å². The molecule has 2 N–H and O–H groups in total. The van der Waals surface area contributed by atoms with Gasteiger partial charge in [-0.15, -0.1) is 0 Å². The molecule has 0 saturated carbocycles. The summed E-state index contributed by atoms with van der Waals surface area (Å²) in [5, 5.41) is 5.68. The molecule has 1 aliphatic carbocycles. The molecular weight excluding hydrogens is 372 g/mol. The number of halogens is 1. The minimum absolute atomic E-state index is 0.0373. The van der Waals surface area contributed by atoms with Gasteiger partial charge in [-0.25, -0.2) is 4.79 Å². The van der Waals surface area contributed by atoms with Crippen LogP contribution in [0.3, 0.4) is 0 Å². The molecule has 5 nitrogen and oxygen atoms in total. The van der Waals surface area contributed by atoms with E-state index in [1.165, 1.54) is 5.56 Å². The highest BCUT2D eigenvalue weighted by molar-refractivity contribution is 9.10. The number of amides is 2. The molecule has 0 bridgehead atoms. The lowest BCUT2D eigenvalue weighted by molar-refractivity contribution is -0.127. The molecule has 1 unspecified atom stereocenters. The molecule has 24 heavy (non-hydrogen) atoms. The third-order valence-corrected chi connectivity index (χ3v) is 4.64. The maximum atomic E-state index is 12.6. The fourth-order valence-corrected chi connectivity index (χ4v) is 3.29. The molecule has 0 fully saturated rings. The Morgan fingerprint density at radius 1 is 1.21 bits per heavy atom. The van der Waals surface area contributed by atoms with Gasteiger partial charge in [-0.05, 0) is 64.7 Å². The zero-order chi connectivity index (χ0) is 18.1. The van der Waals surface area contributed by atoms with Crippen LogP contribution in [0.25, 0.3) is 0 Å². The number of nitrogens with one attached hydrogen (secondary N) is 2. The van der Waals surface area contributed by atoms with Crippen molar-refractivity contribution in [3.63, 3.8) is 0 Å². The van der Waals surface area contributed by atoms with E-state index in [1.807, 2.05) is 18.2 Å². The van der Waals surface area contributed by atoms with E-state index >= 15 is 0 Å². The quantitative estimate of drug-likeness (QED) is 0.814. The average Bonchev–Trinajstić information content (AvgIpc) is 2.80. The van der Waals surface area contributed by atoms with Crippen molar-refractivity contribution in [1.29, 1.82) is 0 Å². The number of benzene rings is 1. The van der Waals surface area contributed by atoms with Crippen molar-refractivity contribution in [3.8, 4) is 0 Å². The van der Waals surface area contributed by atoms with Crippen molar-refractivity contribution in [2.24, 2.45) is 0 Å². The second kappa shape index (κ2) is 6.75. The molecule has 0 saturated heterocycles. The highest BCUT2D eigenvalue weighted by atomic mass is 79.9. The van der Waals surface area contributed by atoms with Gasteiger partial charge in [-0.3, -0.25) is 4.79 Å². The van der Waals surface area contributed by atoms with Crippen molar-refractivity contribution >= 4 is 27.9 Å².